The number of rotatable bonds is 2. The first-order valence-corrected chi connectivity index (χ1v) is 8.49. The molecule has 6 heteroatoms. The van der Waals surface area contributed by atoms with Crippen molar-refractivity contribution in [3.05, 3.63) is 28.8 Å². The normalized spacial score (nSPS) is 23.5. The summed E-state index contributed by atoms with van der Waals surface area (Å²) in [6, 6.07) is 5.40. The van der Waals surface area contributed by atoms with E-state index in [1.165, 1.54) is 4.90 Å². The predicted octanol–water partition coefficient (Wildman–Crippen LogP) is 1.90. The van der Waals surface area contributed by atoms with Gasteiger partial charge in [0.1, 0.15) is 0 Å². The maximum absolute atomic E-state index is 12.4. The molecule has 2 N–H and O–H groups in total. The maximum atomic E-state index is 12.4. The van der Waals surface area contributed by atoms with E-state index in [0.717, 1.165) is 30.5 Å². The Bertz CT molecular complexity index is 620. The lowest BCUT2D eigenvalue weighted by Gasteiger charge is -2.26. The molecular weight excluding hydrogens is 316 g/mol. The summed E-state index contributed by atoms with van der Waals surface area (Å²) in [5.74, 6) is -0.879. The minimum Gasteiger partial charge on any atom is -0.393 e. The Morgan fingerprint density at radius 3 is 2.96 bits per heavy atom. The molecule has 124 valence electrons. The van der Waals surface area contributed by atoms with Gasteiger partial charge in [0.05, 0.1) is 6.10 Å². The van der Waals surface area contributed by atoms with Crippen molar-refractivity contribution in [1.29, 1.82) is 0 Å². The van der Waals surface area contributed by atoms with Crippen LogP contribution in [0, 0.1) is 5.92 Å². The number of fused-ring (bicyclic) bond motifs is 1. The molecule has 1 saturated carbocycles. The lowest BCUT2D eigenvalue weighted by Crippen LogP contribution is -2.44. The number of anilines is 1. The summed E-state index contributed by atoms with van der Waals surface area (Å²) in [6.45, 7) is 0.922. The molecule has 1 aliphatic carbocycles. The second-order valence-electron chi connectivity index (χ2n) is 6.34. The Morgan fingerprint density at radius 2 is 2.17 bits per heavy atom. The van der Waals surface area contributed by atoms with Gasteiger partial charge in [-0.15, -0.1) is 0 Å². The molecule has 3 rings (SSSR count). The monoisotopic (exact) mass is 336 g/mol. The molecule has 0 saturated heterocycles. The van der Waals surface area contributed by atoms with Crippen LogP contribution in [0.2, 0.25) is 5.02 Å². The van der Waals surface area contributed by atoms with Gasteiger partial charge in [-0.1, -0.05) is 24.1 Å². The van der Waals surface area contributed by atoms with E-state index in [4.69, 9.17) is 11.6 Å². The number of halogens is 1. The second kappa shape index (κ2) is 6.89. The van der Waals surface area contributed by atoms with Crippen molar-refractivity contribution in [1.82, 2.24) is 5.32 Å². The van der Waals surface area contributed by atoms with Crippen LogP contribution in [0.15, 0.2) is 18.2 Å². The molecule has 0 radical (unpaired) electrons. The number of hydrogen-bond acceptors (Lipinski definition) is 3. The average molecular weight is 337 g/mol. The molecule has 2 aliphatic rings. The summed E-state index contributed by atoms with van der Waals surface area (Å²) in [6.07, 6.45) is 3.85. The lowest BCUT2D eigenvalue weighted by molar-refractivity contribution is -0.137. The Kier molecular flexibility index (Phi) is 4.87. The van der Waals surface area contributed by atoms with Crippen LogP contribution >= 0.6 is 11.6 Å². The molecule has 0 aromatic heterocycles. The molecule has 1 fully saturated rings. The number of carbonyl (C=O) groups excluding carboxylic acids is 2. The zero-order valence-electron chi connectivity index (χ0n) is 12.9. The Labute approximate surface area is 140 Å². The van der Waals surface area contributed by atoms with E-state index in [9.17, 15) is 14.7 Å². The summed E-state index contributed by atoms with van der Waals surface area (Å²) < 4.78 is 0. The number of amides is 2. The fourth-order valence-corrected chi connectivity index (χ4v) is 3.75. The maximum Gasteiger partial charge on any atom is 0.316 e. The van der Waals surface area contributed by atoms with E-state index in [-0.39, 0.29) is 12.0 Å². The Hall–Kier alpha value is -1.59. The predicted molar refractivity (Wildman–Crippen MR) is 88.5 cm³/mol. The molecule has 1 aliphatic heterocycles. The summed E-state index contributed by atoms with van der Waals surface area (Å²) in [7, 11) is 0. The smallest absolute Gasteiger partial charge is 0.316 e. The van der Waals surface area contributed by atoms with E-state index in [1.807, 2.05) is 6.07 Å². The molecule has 2 atom stereocenters. The number of carbonyl (C=O) groups is 2. The minimum absolute atomic E-state index is 0.246. The fraction of sp³-hybridized carbons (Fsp3) is 0.529. The highest BCUT2D eigenvalue weighted by Crippen LogP contribution is 2.33. The highest BCUT2D eigenvalue weighted by atomic mass is 35.5. The largest absolute Gasteiger partial charge is 0.393 e. The van der Waals surface area contributed by atoms with Crippen LogP contribution in [0.25, 0.3) is 0 Å². The van der Waals surface area contributed by atoms with E-state index >= 15 is 0 Å². The molecule has 1 heterocycles. The van der Waals surface area contributed by atoms with E-state index in [2.05, 4.69) is 5.32 Å². The zero-order chi connectivity index (χ0) is 16.4. The van der Waals surface area contributed by atoms with Crippen molar-refractivity contribution in [2.75, 3.05) is 18.0 Å². The summed E-state index contributed by atoms with van der Waals surface area (Å²) in [4.78, 5) is 26.0. The quantitative estimate of drug-likeness (QED) is 0.810. The summed E-state index contributed by atoms with van der Waals surface area (Å²) in [5, 5.41) is 13.0. The SMILES string of the molecule is O=C(NCC1CCCC(O)C1)C(=O)N1CCc2c(Cl)cccc21. The van der Waals surface area contributed by atoms with Gasteiger partial charge in [-0.25, -0.2) is 0 Å². The number of benzene rings is 1. The molecule has 2 unspecified atom stereocenters. The van der Waals surface area contributed by atoms with Crippen molar-refractivity contribution in [3.63, 3.8) is 0 Å². The standard InChI is InChI=1S/C17H21ClN2O3/c18-14-5-2-6-15-13(14)7-8-20(15)17(23)16(22)19-10-11-3-1-4-12(21)9-11/h2,5-6,11-12,21H,1,3-4,7-10H2,(H,19,22). The lowest BCUT2D eigenvalue weighted by atomic mass is 9.87. The van der Waals surface area contributed by atoms with Crippen LogP contribution in [0.3, 0.4) is 0 Å². The highest BCUT2D eigenvalue weighted by Gasteiger charge is 2.30. The molecule has 2 amide bonds. The van der Waals surface area contributed by atoms with E-state index in [0.29, 0.717) is 31.0 Å². The minimum atomic E-state index is -0.585. The van der Waals surface area contributed by atoms with Crippen molar-refractivity contribution >= 4 is 29.1 Å². The Balaban J connectivity index is 1.59. The molecule has 0 spiro atoms. The van der Waals surface area contributed by atoms with Crippen LogP contribution in [-0.4, -0.2) is 36.1 Å². The summed E-state index contributed by atoms with van der Waals surface area (Å²) >= 11 is 6.13. The molecular formula is C17H21ClN2O3. The molecule has 1 aromatic rings. The number of nitrogens with one attached hydrogen (secondary N) is 1. The fourth-order valence-electron chi connectivity index (χ4n) is 3.49. The average Bonchev–Trinajstić information content (AvgIpc) is 2.97. The van der Waals surface area contributed by atoms with Crippen LogP contribution in [0.5, 0.6) is 0 Å². The second-order valence-corrected chi connectivity index (χ2v) is 6.75. The zero-order valence-corrected chi connectivity index (χ0v) is 13.7. The number of aliphatic hydroxyl groups is 1. The van der Waals surface area contributed by atoms with Gasteiger partial charge in [0, 0.05) is 23.8 Å². The van der Waals surface area contributed by atoms with E-state index in [1.54, 1.807) is 12.1 Å². The topological polar surface area (TPSA) is 69.6 Å². The van der Waals surface area contributed by atoms with Gasteiger partial charge in [-0.05, 0) is 49.3 Å². The first-order valence-electron chi connectivity index (χ1n) is 8.11. The number of nitrogens with zero attached hydrogens (tertiary/aromatic N) is 1. The first-order chi connectivity index (χ1) is 11.1. The first kappa shape index (κ1) is 16.3. The number of hydrogen-bond donors (Lipinski definition) is 2. The van der Waals surface area contributed by atoms with Gasteiger partial charge in [0.15, 0.2) is 0 Å². The van der Waals surface area contributed by atoms with Crippen molar-refractivity contribution in [3.8, 4) is 0 Å². The molecule has 1 aromatic carbocycles. The van der Waals surface area contributed by atoms with Gasteiger partial charge >= 0.3 is 11.8 Å². The molecule has 5 nitrogen and oxygen atoms in total. The van der Waals surface area contributed by atoms with Crippen LogP contribution < -0.4 is 10.2 Å². The van der Waals surface area contributed by atoms with Gasteiger partial charge < -0.3 is 15.3 Å². The van der Waals surface area contributed by atoms with E-state index < -0.39 is 11.8 Å². The molecule has 23 heavy (non-hydrogen) atoms. The van der Waals surface area contributed by atoms with Gasteiger partial charge in [-0.2, -0.15) is 0 Å². The van der Waals surface area contributed by atoms with Crippen LogP contribution in [0.4, 0.5) is 5.69 Å². The highest BCUT2D eigenvalue weighted by molar-refractivity contribution is 6.41. The van der Waals surface area contributed by atoms with Crippen LogP contribution in [0.1, 0.15) is 31.2 Å². The summed E-state index contributed by atoms with van der Waals surface area (Å²) in [5.41, 5.74) is 1.65. The Morgan fingerprint density at radius 1 is 1.35 bits per heavy atom. The third kappa shape index (κ3) is 3.51. The van der Waals surface area contributed by atoms with Gasteiger partial charge in [-0.3, -0.25) is 9.59 Å². The molecule has 0 bridgehead atoms. The van der Waals surface area contributed by atoms with Crippen LogP contribution in [-0.2, 0) is 16.0 Å². The van der Waals surface area contributed by atoms with Crippen molar-refractivity contribution in [2.24, 2.45) is 5.92 Å². The third-order valence-electron chi connectivity index (χ3n) is 4.72. The third-order valence-corrected chi connectivity index (χ3v) is 5.07. The number of aliphatic hydroxyl groups excluding tert-OH is 1. The van der Waals surface area contributed by atoms with Gasteiger partial charge in [0.25, 0.3) is 0 Å². The van der Waals surface area contributed by atoms with Gasteiger partial charge in [0.2, 0.25) is 0 Å². The van der Waals surface area contributed by atoms with Crippen molar-refractivity contribution < 1.29 is 14.7 Å². The van der Waals surface area contributed by atoms with Crippen molar-refractivity contribution in [2.45, 2.75) is 38.2 Å².